The van der Waals surface area contributed by atoms with Gasteiger partial charge in [-0.1, -0.05) is 42.5 Å². The minimum absolute atomic E-state index is 0.0732. The third-order valence-corrected chi connectivity index (χ3v) is 10.1. The van der Waals surface area contributed by atoms with Crippen LogP contribution in [0.15, 0.2) is 61.1 Å². The second-order valence-electron chi connectivity index (χ2n) is 12.5. The molecule has 2 aromatic carbocycles. The summed E-state index contributed by atoms with van der Waals surface area (Å²) in [6.45, 7) is 1.16. The van der Waals surface area contributed by atoms with Crippen molar-refractivity contribution >= 4 is 16.9 Å². The Morgan fingerprint density at radius 1 is 0.925 bits per heavy atom. The third kappa shape index (κ3) is 4.10. The first-order chi connectivity index (χ1) is 19.6. The Bertz CT molecular complexity index is 1530. The number of fused-ring (bicyclic) bond motifs is 4. The number of benzene rings is 2. The molecule has 2 bridgehead atoms. The van der Waals surface area contributed by atoms with Gasteiger partial charge in [0.15, 0.2) is 0 Å². The number of hydrogen-bond donors (Lipinski definition) is 2. The number of aromatic nitrogens is 3. The Labute approximate surface area is 235 Å². The van der Waals surface area contributed by atoms with Crippen LogP contribution in [-0.2, 0) is 6.42 Å². The molecule has 1 aliphatic carbocycles. The van der Waals surface area contributed by atoms with E-state index in [2.05, 4.69) is 63.1 Å². The number of aliphatic hydroxyl groups is 1. The van der Waals surface area contributed by atoms with E-state index in [1.54, 1.807) is 6.33 Å². The topological polar surface area (TPSA) is 89.4 Å². The quantitative estimate of drug-likeness (QED) is 0.342. The predicted octanol–water partition coefficient (Wildman–Crippen LogP) is 5.69. The van der Waals surface area contributed by atoms with Crippen LogP contribution in [0.3, 0.4) is 0 Å². The summed E-state index contributed by atoms with van der Waals surface area (Å²) in [7, 11) is 0. The largest absolute Gasteiger partial charge is 0.485 e. The zero-order valence-corrected chi connectivity index (χ0v) is 22.8. The smallest absolute Gasteiger partial charge is 0.146 e. The summed E-state index contributed by atoms with van der Waals surface area (Å²) in [5.41, 5.74) is 12.1. The molecule has 2 saturated heterocycles. The maximum absolute atomic E-state index is 10.2. The zero-order chi connectivity index (χ0) is 26.8. The lowest BCUT2D eigenvalue weighted by Crippen LogP contribution is -2.48. The van der Waals surface area contributed by atoms with E-state index in [1.807, 2.05) is 6.07 Å². The van der Waals surface area contributed by atoms with Crippen molar-refractivity contribution in [2.75, 3.05) is 12.3 Å². The highest BCUT2D eigenvalue weighted by Crippen LogP contribution is 2.46. The molecule has 7 nitrogen and oxygen atoms in total. The van der Waals surface area contributed by atoms with Gasteiger partial charge >= 0.3 is 0 Å². The second-order valence-corrected chi connectivity index (χ2v) is 12.5. The summed E-state index contributed by atoms with van der Waals surface area (Å²) in [6.07, 6.45) is 12.5. The molecule has 4 aromatic rings. The van der Waals surface area contributed by atoms with Gasteiger partial charge in [0.1, 0.15) is 29.6 Å². The van der Waals surface area contributed by atoms with E-state index in [1.165, 1.54) is 24.0 Å². The van der Waals surface area contributed by atoms with Crippen molar-refractivity contribution in [3.63, 3.8) is 0 Å². The van der Waals surface area contributed by atoms with Crippen LogP contribution >= 0.6 is 0 Å². The van der Waals surface area contributed by atoms with Crippen molar-refractivity contribution in [1.29, 1.82) is 0 Å². The van der Waals surface area contributed by atoms with Gasteiger partial charge in [-0.2, -0.15) is 0 Å². The molecule has 4 atom stereocenters. The third-order valence-electron chi connectivity index (χ3n) is 10.1. The normalized spacial score (nSPS) is 29.6. The van der Waals surface area contributed by atoms with Gasteiger partial charge in [-0.25, -0.2) is 9.97 Å². The van der Waals surface area contributed by atoms with Gasteiger partial charge in [-0.3, -0.25) is 4.90 Å². The van der Waals surface area contributed by atoms with Crippen molar-refractivity contribution in [3.8, 4) is 16.9 Å². The minimum atomic E-state index is -0.101. The van der Waals surface area contributed by atoms with Crippen molar-refractivity contribution in [2.45, 2.75) is 81.7 Å². The van der Waals surface area contributed by atoms with Gasteiger partial charge < -0.3 is 20.1 Å². The fourth-order valence-corrected chi connectivity index (χ4v) is 7.96. The molecular weight excluding hydrogens is 498 g/mol. The first kappa shape index (κ1) is 24.4. The molecule has 0 spiro atoms. The highest BCUT2D eigenvalue weighted by molar-refractivity contribution is 6.00. The maximum atomic E-state index is 10.2. The van der Waals surface area contributed by atoms with Crippen molar-refractivity contribution in [2.24, 2.45) is 5.92 Å². The lowest BCUT2D eigenvalue weighted by Gasteiger charge is -2.44. The molecular formula is C33H37N5O2. The Morgan fingerprint density at radius 3 is 2.52 bits per heavy atom. The van der Waals surface area contributed by atoms with Crippen LogP contribution in [0, 0.1) is 5.92 Å². The van der Waals surface area contributed by atoms with E-state index in [9.17, 15) is 5.11 Å². The number of aryl methyl sites for hydroxylation is 1. The van der Waals surface area contributed by atoms with E-state index in [0.717, 1.165) is 73.0 Å². The summed E-state index contributed by atoms with van der Waals surface area (Å²) in [5.74, 6) is 2.17. The van der Waals surface area contributed by atoms with Crippen LogP contribution in [0.1, 0.15) is 68.2 Å². The number of rotatable bonds is 5. The number of hydrogen-bond acceptors (Lipinski definition) is 6. The van der Waals surface area contributed by atoms with Crippen LogP contribution in [0.25, 0.3) is 22.2 Å². The molecule has 7 heteroatoms. The Hall–Kier alpha value is -3.42. The molecule has 0 amide bonds. The van der Waals surface area contributed by atoms with E-state index >= 15 is 0 Å². The first-order valence-electron chi connectivity index (χ1n) is 15.0. The summed E-state index contributed by atoms with van der Waals surface area (Å²) in [4.78, 5) is 11.8. The molecule has 3 aliphatic heterocycles. The van der Waals surface area contributed by atoms with E-state index < -0.39 is 0 Å². The molecule has 3 fully saturated rings. The molecule has 206 valence electrons. The Kier molecular flexibility index (Phi) is 5.85. The molecule has 40 heavy (non-hydrogen) atoms. The first-order valence-corrected chi connectivity index (χ1v) is 15.0. The monoisotopic (exact) mass is 535 g/mol. The van der Waals surface area contributed by atoms with E-state index in [-0.39, 0.29) is 12.2 Å². The summed E-state index contributed by atoms with van der Waals surface area (Å²) in [5, 5.41) is 11.1. The molecule has 1 saturated carbocycles. The summed E-state index contributed by atoms with van der Waals surface area (Å²) >= 11 is 0. The average Bonchev–Trinajstić information content (AvgIpc) is 3.45. The summed E-state index contributed by atoms with van der Waals surface area (Å²) in [6, 6.07) is 18.7. The fraction of sp³-hybridized carbons (Fsp3) is 0.455. The molecule has 5 heterocycles. The van der Waals surface area contributed by atoms with Crippen LogP contribution in [-0.4, -0.2) is 49.3 Å². The molecule has 8 rings (SSSR count). The van der Waals surface area contributed by atoms with E-state index in [4.69, 9.17) is 15.5 Å². The summed E-state index contributed by atoms with van der Waals surface area (Å²) < 4.78 is 8.88. The van der Waals surface area contributed by atoms with Crippen LogP contribution in [0.5, 0.6) is 5.75 Å². The van der Waals surface area contributed by atoms with Gasteiger partial charge in [0.05, 0.1) is 11.5 Å². The van der Waals surface area contributed by atoms with Gasteiger partial charge in [0.2, 0.25) is 0 Å². The van der Waals surface area contributed by atoms with Gasteiger partial charge in [0, 0.05) is 36.4 Å². The molecule has 4 aliphatic rings. The lowest BCUT2D eigenvalue weighted by molar-refractivity contribution is 0.0124. The van der Waals surface area contributed by atoms with Crippen LogP contribution < -0.4 is 10.5 Å². The SMILES string of the molecule is Nc1ncnc2c1c(-c1ccc3c(c1)OC(c1ccccc1)CC3)cn2[C@H]1C[C@@H](CN2[C@@H]3CC[C@H]2CC(O)C3)C1. The minimum Gasteiger partial charge on any atom is -0.485 e. The average molecular weight is 536 g/mol. The molecule has 2 unspecified atom stereocenters. The van der Waals surface area contributed by atoms with Crippen molar-refractivity contribution < 1.29 is 9.84 Å². The number of nitrogen functional groups attached to an aromatic ring is 1. The Balaban J connectivity index is 1.06. The number of nitrogens with zero attached hydrogens (tertiary/aromatic N) is 4. The van der Waals surface area contributed by atoms with Crippen LogP contribution in [0.2, 0.25) is 0 Å². The second kappa shape index (κ2) is 9.60. The van der Waals surface area contributed by atoms with Crippen LogP contribution in [0.4, 0.5) is 5.82 Å². The highest BCUT2D eigenvalue weighted by Gasteiger charge is 2.43. The lowest BCUT2D eigenvalue weighted by atomic mass is 9.79. The number of aliphatic hydroxyl groups excluding tert-OH is 1. The van der Waals surface area contributed by atoms with E-state index in [0.29, 0.717) is 29.9 Å². The molecule has 3 N–H and O–H groups in total. The van der Waals surface area contributed by atoms with Crippen molar-refractivity contribution in [1.82, 2.24) is 19.4 Å². The number of ether oxygens (including phenoxy) is 1. The number of anilines is 1. The van der Waals surface area contributed by atoms with Gasteiger partial charge in [-0.05, 0) is 80.0 Å². The maximum Gasteiger partial charge on any atom is 0.146 e. The Morgan fingerprint density at radius 2 is 1.73 bits per heavy atom. The standard InChI is InChI=1S/C33H37N5O2/c34-32-31-28(23-7-6-22-8-11-29(40-30(22)14-23)21-4-2-1-3-5-21)18-38(33(31)36-19-35-32)26-12-20(13-26)17-37-24-9-10-25(37)16-27(39)15-24/h1-7,14,18-20,24-27,29,39H,8-13,15-17H2,(H2,34,35,36)/t20-,24-,25+,26+,27?,29?. The highest BCUT2D eigenvalue weighted by atomic mass is 16.5. The number of nitrogens with two attached hydrogens (primary N) is 1. The zero-order valence-electron chi connectivity index (χ0n) is 22.8. The molecule has 0 radical (unpaired) electrons. The predicted molar refractivity (Wildman–Crippen MR) is 156 cm³/mol. The number of piperidine rings is 1. The molecule has 2 aromatic heterocycles. The van der Waals surface area contributed by atoms with Crippen molar-refractivity contribution in [3.05, 3.63) is 72.2 Å². The fourth-order valence-electron chi connectivity index (χ4n) is 7.96. The van der Waals surface area contributed by atoms with Gasteiger partial charge in [0.25, 0.3) is 0 Å². The van der Waals surface area contributed by atoms with Gasteiger partial charge in [-0.15, -0.1) is 0 Å².